The van der Waals surface area contributed by atoms with Crippen LogP contribution >= 0.6 is 0 Å². The van der Waals surface area contributed by atoms with Gasteiger partial charge in [-0.05, 0) is 49.9 Å². The molecule has 0 radical (unpaired) electrons. The van der Waals surface area contributed by atoms with E-state index in [0.717, 1.165) is 69.6 Å². The first kappa shape index (κ1) is 22.8. The molecule has 0 bridgehead atoms. The normalized spacial score (nSPS) is 21.6. The molecule has 0 amide bonds. The second-order valence-corrected chi connectivity index (χ2v) is 10.9. The standard InChI is InChI=1S/C22H30N8O3S/c1-34(31,32)21-18-19(24)26-22(27-20(18)30(28-21)17-6-2-14(23)3-7-17)25-15-4-8-16(9-5-15)29-10-12-33-13-11-29/h4-5,8-9,14,17H,2-3,6-7,10-13,23H2,1H3,(H3,24,25,26,27). The number of hydrogen-bond acceptors (Lipinski definition) is 10. The highest BCUT2D eigenvalue weighted by molar-refractivity contribution is 7.90. The van der Waals surface area contributed by atoms with Gasteiger partial charge in [-0.25, -0.2) is 13.1 Å². The molecule has 34 heavy (non-hydrogen) atoms. The SMILES string of the molecule is CS(=O)(=O)c1nn(C2CCC(N)CC2)c2nc(Nc3ccc(N4CCOCC4)cc3)nc(N)c12. The predicted molar refractivity (Wildman–Crippen MR) is 131 cm³/mol. The molecule has 0 unspecified atom stereocenters. The molecule has 12 heteroatoms. The smallest absolute Gasteiger partial charge is 0.231 e. The molecule has 1 aliphatic carbocycles. The third kappa shape index (κ3) is 4.52. The number of nitrogens with zero attached hydrogens (tertiary/aromatic N) is 5. The van der Waals surface area contributed by atoms with Gasteiger partial charge in [-0.15, -0.1) is 0 Å². The van der Waals surface area contributed by atoms with Crippen LogP contribution in [0.1, 0.15) is 31.7 Å². The van der Waals surface area contributed by atoms with E-state index in [4.69, 9.17) is 16.2 Å². The number of morpholine rings is 1. The Morgan fingerprint density at radius 3 is 2.38 bits per heavy atom. The third-order valence-electron chi connectivity index (χ3n) is 6.49. The van der Waals surface area contributed by atoms with Gasteiger partial charge in [0.05, 0.1) is 19.3 Å². The molecule has 1 saturated carbocycles. The van der Waals surface area contributed by atoms with Crippen LogP contribution in [0.3, 0.4) is 0 Å². The molecule has 2 aromatic heterocycles. The Bertz CT molecular complexity index is 1280. The summed E-state index contributed by atoms with van der Waals surface area (Å²) in [6.45, 7) is 3.18. The van der Waals surface area contributed by atoms with Crippen molar-refractivity contribution in [1.29, 1.82) is 0 Å². The Hall–Kier alpha value is -2.96. The average Bonchev–Trinajstić information content (AvgIpc) is 3.21. The number of hydrogen-bond donors (Lipinski definition) is 3. The molecule has 11 nitrogen and oxygen atoms in total. The van der Waals surface area contributed by atoms with Crippen molar-refractivity contribution in [2.45, 2.75) is 42.8 Å². The van der Waals surface area contributed by atoms with Gasteiger partial charge in [0.2, 0.25) is 5.95 Å². The summed E-state index contributed by atoms with van der Waals surface area (Å²) in [4.78, 5) is 11.3. The first-order chi connectivity index (χ1) is 16.3. The summed E-state index contributed by atoms with van der Waals surface area (Å²) < 4.78 is 32.0. The lowest BCUT2D eigenvalue weighted by molar-refractivity contribution is 0.122. The van der Waals surface area contributed by atoms with Crippen LogP contribution in [-0.2, 0) is 14.6 Å². The van der Waals surface area contributed by atoms with Crippen LogP contribution in [0, 0.1) is 0 Å². The minimum absolute atomic E-state index is 0.00718. The van der Waals surface area contributed by atoms with Crippen LogP contribution in [0.2, 0.25) is 0 Å². The first-order valence-corrected chi connectivity index (χ1v) is 13.4. The van der Waals surface area contributed by atoms with Crippen LogP contribution in [0.15, 0.2) is 29.3 Å². The highest BCUT2D eigenvalue weighted by Crippen LogP contribution is 2.34. The maximum atomic E-state index is 12.5. The first-order valence-electron chi connectivity index (χ1n) is 11.5. The van der Waals surface area contributed by atoms with Gasteiger partial charge in [0.1, 0.15) is 11.2 Å². The molecule has 2 aliphatic rings. The third-order valence-corrected chi connectivity index (χ3v) is 7.47. The van der Waals surface area contributed by atoms with Gasteiger partial charge in [0.25, 0.3) is 0 Å². The number of ether oxygens (including phenoxy) is 1. The molecule has 182 valence electrons. The second kappa shape index (κ2) is 9.01. The van der Waals surface area contributed by atoms with Gasteiger partial charge in [0, 0.05) is 36.8 Å². The molecule has 3 aromatic rings. The van der Waals surface area contributed by atoms with Crippen molar-refractivity contribution in [2.75, 3.05) is 48.5 Å². The molecular formula is C22H30N8O3S. The number of fused-ring (bicyclic) bond motifs is 1. The fraction of sp³-hybridized carbons (Fsp3) is 0.500. The molecular weight excluding hydrogens is 456 g/mol. The van der Waals surface area contributed by atoms with Gasteiger partial charge >= 0.3 is 0 Å². The van der Waals surface area contributed by atoms with Crippen molar-refractivity contribution >= 4 is 44.0 Å². The number of nitrogens with two attached hydrogens (primary N) is 2. The second-order valence-electron chi connectivity index (χ2n) is 8.99. The Balaban J connectivity index is 1.48. The highest BCUT2D eigenvalue weighted by atomic mass is 32.2. The molecule has 0 spiro atoms. The van der Waals surface area contributed by atoms with Crippen LogP contribution in [0.25, 0.3) is 11.0 Å². The van der Waals surface area contributed by atoms with E-state index in [-0.39, 0.29) is 34.3 Å². The Morgan fingerprint density at radius 1 is 1.06 bits per heavy atom. The number of anilines is 4. The zero-order chi connectivity index (χ0) is 23.9. The van der Waals surface area contributed by atoms with Gasteiger partial charge in [-0.2, -0.15) is 15.1 Å². The van der Waals surface area contributed by atoms with Crippen LogP contribution in [-0.4, -0.2) is 66.8 Å². The molecule has 3 heterocycles. The van der Waals surface area contributed by atoms with Gasteiger partial charge < -0.3 is 26.4 Å². The van der Waals surface area contributed by atoms with Crippen molar-refractivity contribution in [3.8, 4) is 0 Å². The van der Waals surface area contributed by atoms with E-state index in [0.29, 0.717) is 5.65 Å². The highest BCUT2D eigenvalue weighted by Gasteiger charge is 2.29. The monoisotopic (exact) mass is 486 g/mol. The number of nitrogen functional groups attached to an aromatic ring is 1. The van der Waals surface area contributed by atoms with Crippen LogP contribution < -0.4 is 21.7 Å². The fourth-order valence-electron chi connectivity index (χ4n) is 4.65. The molecule has 1 aliphatic heterocycles. The maximum Gasteiger partial charge on any atom is 0.231 e. The number of rotatable bonds is 5. The number of sulfone groups is 1. The number of benzene rings is 1. The van der Waals surface area contributed by atoms with E-state index in [1.54, 1.807) is 4.68 Å². The molecule has 2 fully saturated rings. The zero-order valence-electron chi connectivity index (χ0n) is 19.1. The average molecular weight is 487 g/mol. The molecule has 1 saturated heterocycles. The van der Waals surface area contributed by atoms with Crippen molar-refractivity contribution in [2.24, 2.45) is 5.73 Å². The van der Waals surface area contributed by atoms with E-state index >= 15 is 0 Å². The van der Waals surface area contributed by atoms with E-state index in [1.807, 2.05) is 24.3 Å². The number of aromatic nitrogens is 4. The summed E-state index contributed by atoms with van der Waals surface area (Å²) in [6.07, 6.45) is 4.42. The molecule has 1 aromatic carbocycles. The maximum absolute atomic E-state index is 12.5. The van der Waals surface area contributed by atoms with Gasteiger partial charge in [0.15, 0.2) is 20.5 Å². The fourth-order valence-corrected chi connectivity index (χ4v) is 5.46. The summed E-state index contributed by atoms with van der Waals surface area (Å²) >= 11 is 0. The lowest BCUT2D eigenvalue weighted by Crippen LogP contribution is -2.36. The van der Waals surface area contributed by atoms with Gasteiger partial charge in [-0.3, -0.25) is 0 Å². The van der Waals surface area contributed by atoms with Crippen LogP contribution in [0.4, 0.5) is 23.1 Å². The Labute approximate surface area is 198 Å². The van der Waals surface area contributed by atoms with Crippen molar-refractivity contribution in [1.82, 2.24) is 19.7 Å². The quantitative estimate of drug-likeness (QED) is 0.486. The molecule has 5 N–H and O–H groups in total. The van der Waals surface area contributed by atoms with Crippen molar-refractivity contribution in [3.05, 3.63) is 24.3 Å². The number of nitrogens with one attached hydrogen (secondary N) is 1. The molecule has 0 atom stereocenters. The van der Waals surface area contributed by atoms with Crippen LogP contribution in [0.5, 0.6) is 0 Å². The molecule has 5 rings (SSSR count). The summed E-state index contributed by atoms with van der Waals surface area (Å²) in [5.74, 6) is 0.370. The Kier molecular flexibility index (Phi) is 6.04. The zero-order valence-corrected chi connectivity index (χ0v) is 20.0. The summed E-state index contributed by atoms with van der Waals surface area (Å²) in [5.41, 5.74) is 14.7. The van der Waals surface area contributed by atoms with E-state index < -0.39 is 9.84 Å². The minimum atomic E-state index is -3.62. The minimum Gasteiger partial charge on any atom is -0.383 e. The van der Waals surface area contributed by atoms with E-state index in [1.165, 1.54) is 0 Å². The lowest BCUT2D eigenvalue weighted by atomic mass is 9.92. The van der Waals surface area contributed by atoms with E-state index in [2.05, 4.69) is 25.3 Å². The predicted octanol–water partition coefficient (Wildman–Crippen LogP) is 1.83. The van der Waals surface area contributed by atoms with E-state index in [9.17, 15) is 8.42 Å². The van der Waals surface area contributed by atoms with Crippen molar-refractivity contribution < 1.29 is 13.2 Å². The summed E-state index contributed by atoms with van der Waals surface area (Å²) in [7, 11) is -3.62. The lowest BCUT2D eigenvalue weighted by Gasteiger charge is -2.28. The van der Waals surface area contributed by atoms with Gasteiger partial charge in [-0.1, -0.05) is 0 Å². The van der Waals surface area contributed by atoms with Crippen molar-refractivity contribution in [3.63, 3.8) is 0 Å². The topological polar surface area (TPSA) is 154 Å². The summed E-state index contributed by atoms with van der Waals surface area (Å²) in [5, 5.41) is 7.82. The Morgan fingerprint density at radius 2 is 1.74 bits per heavy atom. The largest absolute Gasteiger partial charge is 0.383 e. The summed E-state index contributed by atoms with van der Waals surface area (Å²) in [6, 6.07) is 8.14.